The Kier molecular flexibility index (Phi) is 7.03. The molecule has 3 aromatic heterocycles. The summed E-state index contributed by atoms with van der Waals surface area (Å²) in [4.78, 5) is 19.4. The number of rotatable bonds is 7. The van der Waals surface area contributed by atoms with Gasteiger partial charge in [0.25, 0.3) is 0 Å². The molecule has 0 aromatic carbocycles. The fourth-order valence-corrected chi connectivity index (χ4v) is 5.76. The predicted octanol–water partition coefficient (Wildman–Crippen LogP) is 3.64. The van der Waals surface area contributed by atoms with Crippen LogP contribution in [0.1, 0.15) is 51.1 Å². The number of amides is 1. The minimum atomic E-state index is 0.0909. The van der Waals surface area contributed by atoms with Gasteiger partial charge < -0.3 is 15.5 Å². The van der Waals surface area contributed by atoms with Crippen molar-refractivity contribution in [2.45, 2.75) is 58.0 Å². The highest BCUT2D eigenvalue weighted by Crippen LogP contribution is 2.29. The Bertz CT molecular complexity index is 1080. The molecule has 180 valence electrons. The van der Waals surface area contributed by atoms with E-state index < -0.39 is 0 Å². The molecule has 0 radical (unpaired) electrons. The van der Waals surface area contributed by atoms with Gasteiger partial charge in [-0.05, 0) is 49.8 Å². The van der Waals surface area contributed by atoms with Gasteiger partial charge in [-0.15, -0.1) is 10.2 Å². The third kappa shape index (κ3) is 5.22. The van der Waals surface area contributed by atoms with Crippen LogP contribution < -0.4 is 15.5 Å². The first-order valence-corrected chi connectivity index (χ1v) is 13.1. The number of aromatic nitrogens is 5. The Morgan fingerprint density at radius 3 is 2.68 bits per heavy atom. The largest absolute Gasteiger partial charge is 0.364 e. The highest BCUT2D eigenvalue weighted by molar-refractivity contribution is 7.17. The van der Waals surface area contributed by atoms with Crippen molar-refractivity contribution in [3.8, 4) is 5.13 Å². The van der Waals surface area contributed by atoms with Gasteiger partial charge in [-0.1, -0.05) is 37.2 Å². The summed E-state index contributed by atoms with van der Waals surface area (Å²) in [5.41, 5.74) is 0.987. The highest BCUT2D eigenvalue weighted by atomic mass is 32.1. The van der Waals surface area contributed by atoms with Crippen molar-refractivity contribution in [3.63, 3.8) is 0 Å². The summed E-state index contributed by atoms with van der Waals surface area (Å²) in [6, 6.07) is 8.09. The molecule has 9 nitrogen and oxygen atoms in total. The van der Waals surface area contributed by atoms with Crippen LogP contribution in [-0.2, 0) is 11.3 Å². The summed E-state index contributed by atoms with van der Waals surface area (Å²) < 4.78 is 1.82. The van der Waals surface area contributed by atoms with E-state index in [0.29, 0.717) is 18.5 Å². The fourth-order valence-electron chi connectivity index (χ4n) is 4.87. The molecule has 34 heavy (non-hydrogen) atoms. The lowest BCUT2D eigenvalue weighted by atomic mass is 9.85. The first-order chi connectivity index (χ1) is 16.7. The SMILES string of the molecule is CC1CCCCC1NC(=O)C1CCN(c2nnc(-n3nccc3CNc3ccccn3)s2)CC1. The van der Waals surface area contributed by atoms with Crippen LogP contribution in [0.15, 0.2) is 36.7 Å². The van der Waals surface area contributed by atoms with Crippen molar-refractivity contribution < 1.29 is 4.79 Å². The molecule has 4 heterocycles. The number of pyridine rings is 1. The zero-order valence-corrected chi connectivity index (χ0v) is 20.4. The smallest absolute Gasteiger partial charge is 0.234 e. The molecule has 2 atom stereocenters. The Balaban J connectivity index is 1.16. The van der Waals surface area contributed by atoms with E-state index in [1.165, 1.54) is 30.6 Å². The van der Waals surface area contributed by atoms with Gasteiger partial charge in [0, 0.05) is 37.4 Å². The van der Waals surface area contributed by atoms with Gasteiger partial charge >= 0.3 is 0 Å². The van der Waals surface area contributed by atoms with E-state index in [2.05, 4.69) is 42.7 Å². The monoisotopic (exact) mass is 480 g/mol. The van der Waals surface area contributed by atoms with Gasteiger partial charge in [0.2, 0.25) is 16.2 Å². The second-order valence-corrected chi connectivity index (χ2v) is 10.2. The lowest BCUT2D eigenvalue weighted by Crippen LogP contribution is -2.46. The fraction of sp³-hybridized carbons (Fsp3) is 0.542. The third-order valence-corrected chi connectivity index (χ3v) is 7.96. The maximum absolute atomic E-state index is 12.8. The molecule has 5 rings (SSSR count). The number of hydrogen-bond donors (Lipinski definition) is 2. The molecule has 2 aliphatic rings. The Labute approximate surface area is 204 Å². The van der Waals surface area contributed by atoms with Gasteiger partial charge in [0.15, 0.2) is 0 Å². The topological polar surface area (TPSA) is 101 Å². The summed E-state index contributed by atoms with van der Waals surface area (Å²) >= 11 is 1.53. The molecule has 1 amide bonds. The van der Waals surface area contributed by atoms with Crippen LogP contribution in [0, 0.1) is 11.8 Å². The lowest BCUT2D eigenvalue weighted by molar-refractivity contribution is -0.126. The number of nitrogens with one attached hydrogen (secondary N) is 2. The van der Waals surface area contributed by atoms with Gasteiger partial charge in [-0.3, -0.25) is 4.79 Å². The van der Waals surface area contributed by atoms with Crippen molar-refractivity contribution in [2.75, 3.05) is 23.3 Å². The first-order valence-electron chi connectivity index (χ1n) is 12.2. The number of anilines is 2. The molecule has 0 bridgehead atoms. The summed E-state index contributed by atoms with van der Waals surface area (Å²) in [6.07, 6.45) is 10.1. The maximum Gasteiger partial charge on any atom is 0.234 e. The van der Waals surface area contributed by atoms with Crippen molar-refractivity contribution in [3.05, 3.63) is 42.4 Å². The van der Waals surface area contributed by atoms with E-state index in [9.17, 15) is 4.79 Å². The van der Waals surface area contributed by atoms with E-state index >= 15 is 0 Å². The minimum absolute atomic E-state index is 0.0909. The van der Waals surface area contributed by atoms with Crippen LogP contribution in [0.5, 0.6) is 0 Å². The van der Waals surface area contributed by atoms with Crippen molar-refractivity contribution in [1.82, 2.24) is 30.3 Å². The van der Waals surface area contributed by atoms with E-state index in [4.69, 9.17) is 0 Å². The zero-order chi connectivity index (χ0) is 23.3. The van der Waals surface area contributed by atoms with Gasteiger partial charge in [-0.2, -0.15) is 5.10 Å². The predicted molar refractivity (Wildman–Crippen MR) is 133 cm³/mol. The number of hydrogen-bond acceptors (Lipinski definition) is 8. The highest BCUT2D eigenvalue weighted by Gasteiger charge is 2.30. The lowest BCUT2D eigenvalue weighted by Gasteiger charge is -2.34. The van der Waals surface area contributed by atoms with Crippen molar-refractivity contribution in [1.29, 1.82) is 0 Å². The molecule has 2 fully saturated rings. The Hall–Kier alpha value is -3.01. The van der Waals surface area contributed by atoms with E-state index in [-0.39, 0.29) is 11.8 Å². The molecular formula is C24H32N8OS. The van der Waals surface area contributed by atoms with Crippen molar-refractivity contribution in [2.24, 2.45) is 11.8 Å². The normalized spacial score (nSPS) is 21.4. The number of carbonyl (C=O) groups excluding carboxylic acids is 1. The molecule has 1 saturated heterocycles. The zero-order valence-electron chi connectivity index (χ0n) is 19.6. The molecule has 1 aliphatic carbocycles. The summed E-state index contributed by atoms with van der Waals surface area (Å²) in [6.45, 7) is 4.49. The van der Waals surface area contributed by atoms with E-state index in [1.54, 1.807) is 12.4 Å². The Morgan fingerprint density at radius 2 is 1.88 bits per heavy atom. The number of carbonyl (C=O) groups is 1. The molecule has 3 aromatic rings. The number of piperidine rings is 1. The summed E-state index contributed by atoms with van der Waals surface area (Å²) in [5.74, 6) is 1.73. The van der Waals surface area contributed by atoms with E-state index in [0.717, 1.165) is 54.1 Å². The maximum atomic E-state index is 12.8. The van der Waals surface area contributed by atoms with E-state index in [1.807, 2.05) is 28.9 Å². The summed E-state index contributed by atoms with van der Waals surface area (Å²) in [7, 11) is 0. The summed E-state index contributed by atoms with van der Waals surface area (Å²) in [5, 5.41) is 21.5. The second-order valence-electron chi connectivity index (χ2n) is 9.31. The van der Waals surface area contributed by atoms with Gasteiger partial charge in [0.1, 0.15) is 5.82 Å². The minimum Gasteiger partial charge on any atom is -0.364 e. The molecule has 2 N–H and O–H groups in total. The van der Waals surface area contributed by atoms with Crippen LogP contribution in [0.3, 0.4) is 0 Å². The second kappa shape index (κ2) is 10.5. The van der Waals surface area contributed by atoms with Crippen LogP contribution >= 0.6 is 11.3 Å². The Morgan fingerprint density at radius 1 is 1.06 bits per heavy atom. The number of nitrogens with zero attached hydrogens (tertiary/aromatic N) is 6. The molecule has 1 aliphatic heterocycles. The molecular weight excluding hydrogens is 448 g/mol. The van der Waals surface area contributed by atoms with Crippen LogP contribution in [-0.4, -0.2) is 50.0 Å². The first kappa shape index (κ1) is 22.8. The molecule has 2 unspecified atom stereocenters. The van der Waals surface area contributed by atoms with Crippen molar-refractivity contribution >= 4 is 28.2 Å². The standard InChI is InChI=1S/C24H32N8OS/c1-17-6-2-3-7-20(17)28-22(33)18-10-14-31(15-11-18)23-29-30-24(34-23)32-19(9-13-27-32)16-26-21-8-4-5-12-25-21/h4-5,8-9,12-13,17-18,20H,2-3,6-7,10-11,14-16H2,1H3,(H,25,26)(H,28,33). The van der Waals surface area contributed by atoms with Crippen LogP contribution in [0.4, 0.5) is 10.9 Å². The van der Waals surface area contributed by atoms with Crippen LogP contribution in [0.25, 0.3) is 5.13 Å². The van der Waals surface area contributed by atoms with Gasteiger partial charge in [0.05, 0.1) is 12.2 Å². The average Bonchev–Trinajstić information content (AvgIpc) is 3.54. The molecule has 1 saturated carbocycles. The molecule has 0 spiro atoms. The average molecular weight is 481 g/mol. The van der Waals surface area contributed by atoms with Crippen LogP contribution in [0.2, 0.25) is 0 Å². The third-order valence-electron chi connectivity index (χ3n) is 7.00. The quantitative estimate of drug-likeness (QED) is 0.532. The van der Waals surface area contributed by atoms with Gasteiger partial charge in [-0.25, -0.2) is 9.67 Å². The molecule has 10 heteroatoms.